The van der Waals surface area contributed by atoms with Crippen molar-refractivity contribution in [2.75, 3.05) is 11.9 Å². The lowest BCUT2D eigenvalue weighted by molar-refractivity contribution is -0.140. The zero-order valence-electron chi connectivity index (χ0n) is 12.5. The second kappa shape index (κ2) is 7.98. The van der Waals surface area contributed by atoms with Gasteiger partial charge in [0.2, 0.25) is 0 Å². The van der Waals surface area contributed by atoms with Crippen molar-refractivity contribution < 1.29 is 29.3 Å². The van der Waals surface area contributed by atoms with Gasteiger partial charge in [0.25, 0.3) is 0 Å². The van der Waals surface area contributed by atoms with E-state index in [1.54, 1.807) is 30.3 Å². The van der Waals surface area contributed by atoms with Crippen molar-refractivity contribution in [1.29, 1.82) is 0 Å². The van der Waals surface area contributed by atoms with Crippen LogP contribution in [0.1, 0.15) is 6.42 Å². The highest BCUT2D eigenvalue weighted by molar-refractivity contribution is 6.15. The molecule has 1 fully saturated rings. The van der Waals surface area contributed by atoms with Gasteiger partial charge in [0, 0.05) is 11.6 Å². The number of aliphatic carboxylic acids is 2. The Morgan fingerprint density at radius 3 is 2.42 bits per heavy atom. The lowest BCUT2D eigenvalue weighted by Gasteiger charge is -2.09. The van der Waals surface area contributed by atoms with Crippen molar-refractivity contribution in [3.8, 4) is 0 Å². The normalized spacial score (nSPS) is 23.1. The fraction of sp³-hybridized carbons (Fsp3) is 0.400. The molecule has 1 amide bonds. The Hall–Kier alpha value is -2.32. The number of carboxylic acid groups (broad SMARTS) is 2. The van der Waals surface area contributed by atoms with Crippen LogP contribution in [0.25, 0.3) is 0 Å². The molecule has 24 heavy (non-hydrogen) atoms. The maximum absolute atomic E-state index is 11.6. The molecule has 0 heterocycles. The highest BCUT2D eigenvalue weighted by Gasteiger charge is 2.59. The van der Waals surface area contributed by atoms with Crippen LogP contribution in [0.4, 0.5) is 10.5 Å². The van der Waals surface area contributed by atoms with Crippen LogP contribution in [0.5, 0.6) is 0 Å². The minimum absolute atomic E-state index is 0.0156. The molecule has 0 saturated heterocycles. The summed E-state index contributed by atoms with van der Waals surface area (Å²) in [7, 11) is 0. The average Bonchev–Trinajstić information content (AvgIpc) is 3.22. The Balaban J connectivity index is 1.81. The summed E-state index contributed by atoms with van der Waals surface area (Å²) in [6.45, 7) is -0.0156. The number of rotatable bonds is 8. The van der Waals surface area contributed by atoms with E-state index in [2.05, 4.69) is 10.2 Å². The van der Waals surface area contributed by atoms with E-state index in [1.165, 1.54) is 0 Å². The molecule has 4 N–H and O–H groups in total. The number of carbonyl (C=O) groups is 3. The summed E-state index contributed by atoms with van der Waals surface area (Å²) in [6.07, 6.45) is -0.415. The van der Waals surface area contributed by atoms with Crippen LogP contribution in [-0.2, 0) is 14.3 Å². The summed E-state index contributed by atoms with van der Waals surface area (Å²) in [5, 5.41) is 20.7. The van der Waals surface area contributed by atoms with E-state index in [-0.39, 0.29) is 13.0 Å². The molecule has 130 valence electrons. The summed E-state index contributed by atoms with van der Waals surface area (Å²) < 4.78 is 5.00. The van der Waals surface area contributed by atoms with E-state index in [0.29, 0.717) is 5.69 Å². The van der Waals surface area contributed by atoms with Crippen molar-refractivity contribution in [2.45, 2.75) is 12.5 Å². The zero-order chi connectivity index (χ0) is 17.7. The van der Waals surface area contributed by atoms with E-state index in [1.807, 2.05) is 0 Å². The monoisotopic (exact) mass is 356 g/mol. The first kappa shape index (κ1) is 18.0. The highest BCUT2D eigenvalue weighted by atomic mass is 35.5. The Morgan fingerprint density at radius 2 is 1.88 bits per heavy atom. The molecule has 0 spiro atoms. The number of nitrogens with one attached hydrogen (secondary N) is 2. The predicted octanol–water partition coefficient (Wildman–Crippen LogP) is 1.77. The molecular weight excluding hydrogens is 340 g/mol. The van der Waals surface area contributed by atoms with Gasteiger partial charge < -0.3 is 14.9 Å². The van der Waals surface area contributed by atoms with Crippen LogP contribution in [-0.4, -0.2) is 40.9 Å². The third-order valence-corrected chi connectivity index (χ3v) is 4.22. The molecule has 4 unspecified atom stereocenters. The van der Waals surface area contributed by atoms with E-state index < -0.39 is 41.8 Å². The van der Waals surface area contributed by atoms with Crippen molar-refractivity contribution in [3.05, 3.63) is 30.3 Å². The minimum Gasteiger partial charge on any atom is -0.481 e. The van der Waals surface area contributed by atoms with Gasteiger partial charge in [0.05, 0.1) is 12.5 Å². The summed E-state index contributed by atoms with van der Waals surface area (Å²) >= 11 is 5.39. The number of halogens is 1. The molecule has 0 aromatic heterocycles. The molecule has 1 aromatic rings. The Kier molecular flexibility index (Phi) is 5.99. The Labute approximate surface area is 142 Å². The average molecular weight is 357 g/mol. The third kappa shape index (κ3) is 4.36. The van der Waals surface area contributed by atoms with Crippen LogP contribution in [0, 0.1) is 17.8 Å². The van der Waals surface area contributed by atoms with Crippen LogP contribution in [0.15, 0.2) is 30.3 Å². The summed E-state index contributed by atoms with van der Waals surface area (Å²) in [5.41, 5.74) is 0.576. The van der Waals surface area contributed by atoms with Crippen molar-refractivity contribution in [2.24, 2.45) is 17.8 Å². The molecule has 1 aliphatic rings. The Bertz CT molecular complexity index is 611. The number of hydrogen-bond donors (Lipinski definition) is 4. The van der Waals surface area contributed by atoms with Crippen LogP contribution >= 0.6 is 11.8 Å². The van der Waals surface area contributed by atoms with E-state index in [9.17, 15) is 14.4 Å². The quantitative estimate of drug-likeness (QED) is 0.523. The second-order valence-corrected chi connectivity index (χ2v) is 5.66. The van der Waals surface area contributed by atoms with Crippen molar-refractivity contribution in [3.63, 3.8) is 0 Å². The van der Waals surface area contributed by atoms with E-state index in [0.717, 1.165) is 0 Å². The third-order valence-electron chi connectivity index (χ3n) is 3.99. The van der Waals surface area contributed by atoms with Crippen molar-refractivity contribution >= 4 is 35.5 Å². The number of anilines is 1. The maximum Gasteiger partial charge on any atom is 0.411 e. The zero-order valence-corrected chi connectivity index (χ0v) is 13.3. The summed E-state index contributed by atoms with van der Waals surface area (Å²) in [5.74, 6) is -4.18. The summed E-state index contributed by atoms with van der Waals surface area (Å²) in [4.78, 5) is 36.0. The van der Waals surface area contributed by atoms with Gasteiger partial charge in [-0.2, -0.15) is 0 Å². The van der Waals surface area contributed by atoms with E-state index >= 15 is 0 Å². The molecule has 4 atom stereocenters. The predicted molar refractivity (Wildman–Crippen MR) is 84.5 cm³/mol. The fourth-order valence-corrected chi connectivity index (χ4v) is 3.06. The van der Waals surface area contributed by atoms with Crippen LogP contribution in [0.3, 0.4) is 0 Å². The number of hydrogen-bond acceptors (Lipinski definition) is 5. The molecule has 0 radical (unpaired) electrons. The molecular formula is C15H17ClN2O6. The number of carboxylic acids is 2. The molecule has 2 rings (SSSR count). The molecule has 0 aliphatic heterocycles. The molecule has 8 nitrogen and oxygen atoms in total. The van der Waals surface area contributed by atoms with Gasteiger partial charge in [-0.1, -0.05) is 18.2 Å². The van der Waals surface area contributed by atoms with Crippen molar-refractivity contribution in [1.82, 2.24) is 4.84 Å². The van der Waals surface area contributed by atoms with Gasteiger partial charge in [0.1, 0.15) is 6.04 Å². The van der Waals surface area contributed by atoms with Gasteiger partial charge in [0.15, 0.2) is 0 Å². The lowest BCUT2D eigenvalue weighted by Crippen LogP contribution is -2.34. The Morgan fingerprint density at radius 1 is 1.21 bits per heavy atom. The van der Waals surface area contributed by atoms with Crippen LogP contribution in [0.2, 0.25) is 0 Å². The van der Waals surface area contributed by atoms with Gasteiger partial charge in [-0.25, -0.2) is 9.63 Å². The second-order valence-electron chi connectivity index (χ2n) is 5.45. The molecule has 1 aromatic carbocycles. The van der Waals surface area contributed by atoms with Gasteiger partial charge in [-0.05, 0) is 36.2 Å². The first-order chi connectivity index (χ1) is 11.5. The number of amides is 1. The highest BCUT2D eigenvalue weighted by Crippen LogP contribution is 2.51. The number of benzene rings is 1. The molecule has 1 aliphatic carbocycles. The number of ether oxygens (including phenoxy) is 1. The maximum atomic E-state index is 11.6. The standard InChI is InChI=1S/C15H17ClN2O6/c16-18-12(14(21)22)10-9(11(10)13(19)20)6-7-24-15(23)17-8-4-2-1-3-5-8/h1-5,9-12,18H,6-7H2,(H,17,23)(H,19,20)(H,21,22). The topological polar surface area (TPSA) is 125 Å². The largest absolute Gasteiger partial charge is 0.481 e. The molecule has 0 bridgehead atoms. The summed E-state index contributed by atoms with van der Waals surface area (Å²) in [6, 6.07) is 7.56. The van der Waals surface area contributed by atoms with Gasteiger partial charge in [-0.15, -0.1) is 0 Å². The number of para-hydroxylation sites is 1. The fourth-order valence-electron chi connectivity index (χ4n) is 2.82. The minimum atomic E-state index is -1.22. The van der Waals surface area contributed by atoms with E-state index in [4.69, 9.17) is 26.7 Å². The lowest BCUT2D eigenvalue weighted by atomic mass is 10.1. The first-order valence-corrected chi connectivity index (χ1v) is 7.64. The smallest absolute Gasteiger partial charge is 0.411 e. The number of carbonyl (C=O) groups excluding carboxylic acids is 1. The SMILES string of the molecule is O=C(Nc1ccccc1)OCCC1C(C(=O)O)C1C(NCl)C(=O)O. The first-order valence-electron chi connectivity index (χ1n) is 7.26. The van der Waals surface area contributed by atoms with Gasteiger partial charge in [-0.3, -0.25) is 14.9 Å². The van der Waals surface area contributed by atoms with Crippen LogP contribution < -0.4 is 10.2 Å². The van der Waals surface area contributed by atoms with Gasteiger partial charge >= 0.3 is 18.0 Å². The molecule has 9 heteroatoms. The molecule has 1 saturated carbocycles.